The molecule has 70 valence electrons. The van der Waals surface area contributed by atoms with Crippen molar-refractivity contribution in [1.29, 1.82) is 0 Å². The molecular weight excluding hydrogens is 184 g/mol. The molecule has 2 nitrogen and oxygen atoms in total. The van der Waals surface area contributed by atoms with Crippen LogP contribution in [0.3, 0.4) is 0 Å². The van der Waals surface area contributed by atoms with Gasteiger partial charge in [0.25, 0.3) is 0 Å². The van der Waals surface area contributed by atoms with Crippen molar-refractivity contribution in [3.05, 3.63) is 23.9 Å². The maximum absolute atomic E-state index is 5.89. The second-order valence-electron chi connectivity index (χ2n) is 3.58. The van der Waals surface area contributed by atoms with Gasteiger partial charge in [-0.05, 0) is 31.4 Å². The predicted molar refractivity (Wildman–Crippen MR) is 55.3 cm³/mol. The van der Waals surface area contributed by atoms with Gasteiger partial charge in [0.15, 0.2) is 0 Å². The fourth-order valence-corrected chi connectivity index (χ4v) is 1.93. The van der Waals surface area contributed by atoms with Crippen LogP contribution in [0.2, 0.25) is 0 Å². The molecule has 1 aliphatic rings. The van der Waals surface area contributed by atoms with Crippen LogP contribution >= 0.6 is 11.6 Å². The van der Waals surface area contributed by atoms with Crippen LogP contribution in [0.15, 0.2) is 18.3 Å². The van der Waals surface area contributed by atoms with Gasteiger partial charge in [0.2, 0.25) is 0 Å². The fraction of sp³-hybridized carbons (Fsp3) is 0.500. The molecule has 1 saturated carbocycles. The number of nitrogens with zero attached hydrogens (tertiary/aromatic N) is 1. The normalized spacial score (nSPS) is 26.6. The number of alkyl halides is 1. The number of halogens is 1. The van der Waals surface area contributed by atoms with E-state index in [1.54, 1.807) is 0 Å². The molecule has 1 aromatic heterocycles. The zero-order valence-corrected chi connectivity index (χ0v) is 8.38. The minimum atomic E-state index is 0.363. The van der Waals surface area contributed by atoms with Gasteiger partial charge in [-0.25, -0.2) is 4.98 Å². The van der Waals surface area contributed by atoms with Crippen LogP contribution in [-0.2, 0) is 0 Å². The first-order valence-electron chi connectivity index (χ1n) is 4.58. The number of anilines is 1. The highest BCUT2D eigenvalue weighted by molar-refractivity contribution is 6.21. The first kappa shape index (κ1) is 8.82. The van der Waals surface area contributed by atoms with E-state index in [0.717, 1.165) is 18.7 Å². The Morgan fingerprint density at radius 2 is 2.31 bits per heavy atom. The van der Waals surface area contributed by atoms with Gasteiger partial charge in [0, 0.05) is 17.6 Å². The van der Waals surface area contributed by atoms with E-state index in [1.165, 1.54) is 5.56 Å². The molecule has 1 N–H and O–H groups in total. The van der Waals surface area contributed by atoms with E-state index >= 15 is 0 Å². The number of pyridine rings is 1. The van der Waals surface area contributed by atoms with Crippen molar-refractivity contribution in [3.63, 3.8) is 0 Å². The molecule has 2 rings (SSSR count). The lowest BCUT2D eigenvalue weighted by atomic mass is 9.92. The lowest BCUT2D eigenvalue weighted by molar-refractivity contribution is 0.453. The minimum absolute atomic E-state index is 0.363. The van der Waals surface area contributed by atoms with Crippen LogP contribution in [0.1, 0.15) is 18.4 Å². The zero-order valence-electron chi connectivity index (χ0n) is 7.63. The molecule has 0 aliphatic heterocycles. The van der Waals surface area contributed by atoms with Gasteiger partial charge >= 0.3 is 0 Å². The zero-order chi connectivity index (χ0) is 9.26. The Labute approximate surface area is 83.3 Å². The molecule has 13 heavy (non-hydrogen) atoms. The highest BCUT2D eigenvalue weighted by atomic mass is 35.5. The number of hydrogen-bond acceptors (Lipinski definition) is 2. The topological polar surface area (TPSA) is 24.9 Å². The van der Waals surface area contributed by atoms with Crippen molar-refractivity contribution in [2.24, 2.45) is 0 Å². The van der Waals surface area contributed by atoms with Crippen molar-refractivity contribution in [2.45, 2.75) is 31.2 Å². The second-order valence-corrected chi connectivity index (χ2v) is 4.20. The minimum Gasteiger partial charge on any atom is -0.367 e. The lowest BCUT2D eigenvalue weighted by Gasteiger charge is -2.32. The summed E-state index contributed by atoms with van der Waals surface area (Å²) in [4.78, 5) is 4.27. The number of aryl methyl sites for hydroxylation is 1. The molecule has 1 aromatic rings. The average molecular weight is 197 g/mol. The number of nitrogens with one attached hydrogen (secondary N) is 1. The lowest BCUT2D eigenvalue weighted by Crippen LogP contribution is -2.36. The molecule has 0 atom stereocenters. The maximum Gasteiger partial charge on any atom is 0.129 e. The van der Waals surface area contributed by atoms with E-state index < -0.39 is 0 Å². The van der Waals surface area contributed by atoms with Crippen LogP contribution in [0, 0.1) is 6.92 Å². The molecule has 0 spiro atoms. The third kappa shape index (κ3) is 1.94. The Bertz CT molecular complexity index is 295. The Hall–Kier alpha value is -0.760. The monoisotopic (exact) mass is 196 g/mol. The summed E-state index contributed by atoms with van der Waals surface area (Å²) in [5.41, 5.74) is 1.19. The fourth-order valence-electron chi connectivity index (χ4n) is 1.50. The largest absolute Gasteiger partial charge is 0.367 e. The van der Waals surface area contributed by atoms with E-state index in [1.807, 2.05) is 12.3 Å². The van der Waals surface area contributed by atoms with E-state index in [9.17, 15) is 0 Å². The van der Waals surface area contributed by atoms with Gasteiger partial charge in [0.05, 0.1) is 0 Å². The molecule has 0 saturated heterocycles. The third-order valence-electron chi connectivity index (χ3n) is 2.43. The smallest absolute Gasteiger partial charge is 0.129 e. The molecule has 1 heterocycles. The molecule has 0 unspecified atom stereocenters. The van der Waals surface area contributed by atoms with Crippen LogP contribution in [-0.4, -0.2) is 16.4 Å². The number of rotatable bonds is 2. The summed E-state index contributed by atoms with van der Waals surface area (Å²) in [5.74, 6) is 0.996. The van der Waals surface area contributed by atoms with Crippen molar-refractivity contribution >= 4 is 17.4 Å². The van der Waals surface area contributed by atoms with Crippen LogP contribution in [0.5, 0.6) is 0 Å². The summed E-state index contributed by atoms with van der Waals surface area (Å²) in [6, 6.07) is 4.54. The molecule has 0 aromatic carbocycles. The Balaban J connectivity index is 1.98. The van der Waals surface area contributed by atoms with Crippen molar-refractivity contribution < 1.29 is 0 Å². The van der Waals surface area contributed by atoms with Gasteiger partial charge in [-0.3, -0.25) is 0 Å². The number of hydrogen-bond donors (Lipinski definition) is 1. The van der Waals surface area contributed by atoms with E-state index in [-0.39, 0.29) is 0 Å². The summed E-state index contributed by atoms with van der Waals surface area (Å²) in [6.45, 7) is 2.06. The molecule has 1 fully saturated rings. The van der Waals surface area contributed by atoms with Crippen molar-refractivity contribution in [3.8, 4) is 0 Å². The first-order chi connectivity index (χ1) is 6.25. The van der Waals surface area contributed by atoms with Crippen LogP contribution in [0.25, 0.3) is 0 Å². The summed E-state index contributed by atoms with van der Waals surface area (Å²) in [6.07, 6.45) is 3.92. The van der Waals surface area contributed by atoms with Gasteiger partial charge in [-0.15, -0.1) is 11.6 Å². The van der Waals surface area contributed by atoms with E-state index in [2.05, 4.69) is 23.3 Å². The number of aromatic nitrogens is 1. The average Bonchev–Trinajstić information content (AvgIpc) is 2.06. The van der Waals surface area contributed by atoms with Gasteiger partial charge < -0.3 is 5.32 Å². The molecular formula is C10H13ClN2. The Kier molecular flexibility index (Phi) is 2.40. The quantitative estimate of drug-likeness (QED) is 0.736. The van der Waals surface area contributed by atoms with Gasteiger partial charge in [-0.1, -0.05) is 6.07 Å². The standard InChI is InChI=1S/C10H13ClN2/c1-7-3-2-4-12-10(7)13-9-5-8(11)6-9/h2-4,8-9H,5-6H2,1H3,(H,12,13). The SMILES string of the molecule is Cc1cccnc1NC1CC(Cl)C1. The van der Waals surface area contributed by atoms with E-state index in [0.29, 0.717) is 11.4 Å². The molecule has 3 heteroatoms. The van der Waals surface area contributed by atoms with Crippen molar-refractivity contribution in [2.75, 3.05) is 5.32 Å². The summed E-state index contributed by atoms with van der Waals surface area (Å²) < 4.78 is 0. The first-order valence-corrected chi connectivity index (χ1v) is 5.01. The Morgan fingerprint density at radius 1 is 1.54 bits per heavy atom. The van der Waals surface area contributed by atoms with Crippen LogP contribution < -0.4 is 5.32 Å². The summed E-state index contributed by atoms with van der Waals surface area (Å²) in [7, 11) is 0. The summed E-state index contributed by atoms with van der Waals surface area (Å²) in [5, 5.41) is 3.74. The molecule has 0 amide bonds. The molecule has 1 aliphatic carbocycles. The highest BCUT2D eigenvalue weighted by Gasteiger charge is 2.27. The van der Waals surface area contributed by atoms with Crippen LogP contribution in [0.4, 0.5) is 5.82 Å². The molecule has 0 radical (unpaired) electrons. The second kappa shape index (κ2) is 3.54. The van der Waals surface area contributed by atoms with Crippen molar-refractivity contribution in [1.82, 2.24) is 4.98 Å². The predicted octanol–water partition coefficient (Wildman–Crippen LogP) is 2.57. The van der Waals surface area contributed by atoms with E-state index in [4.69, 9.17) is 11.6 Å². The summed E-state index contributed by atoms with van der Waals surface area (Å²) >= 11 is 5.89. The Morgan fingerprint density at radius 3 is 2.92 bits per heavy atom. The van der Waals surface area contributed by atoms with Gasteiger partial charge in [0.1, 0.15) is 5.82 Å². The van der Waals surface area contributed by atoms with Gasteiger partial charge in [-0.2, -0.15) is 0 Å². The molecule has 0 bridgehead atoms. The highest BCUT2D eigenvalue weighted by Crippen LogP contribution is 2.28. The third-order valence-corrected chi connectivity index (χ3v) is 2.79. The maximum atomic E-state index is 5.89.